The van der Waals surface area contributed by atoms with E-state index in [1.54, 1.807) is 0 Å². The average molecular weight is 300 g/mol. The van der Waals surface area contributed by atoms with Crippen LogP contribution in [0, 0.1) is 5.92 Å². The van der Waals surface area contributed by atoms with Crippen LogP contribution < -0.4 is 5.32 Å². The van der Waals surface area contributed by atoms with Crippen molar-refractivity contribution in [2.24, 2.45) is 5.92 Å². The zero-order chi connectivity index (χ0) is 14.9. The smallest absolute Gasteiger partial charge is 0.322 e. The highest BCUT2D eigenvalue weighted by Crippen LogP contribution is 2.30. The Morgan fingerprint density at radius 1 is 1.23 bits per heavy atom. The first-order valence-electron chi connectivity index (χ1n) is 8.57. The standard InChI is InChI=1S/C18H24N2O2/c21-18(19-16-5-4-14-2-1-3-15(14)10-16)20(17-6-7-17)11-13-8-9-22-12-13/h4-5,10,13,17H,1-3,6-9,11-12H2,(H,19,21). The minimum atomic E-state index is 0.0624. The summed E-state index contributed by atoms with van der Waals surface area (Å²) in [6.45, 7) is 2.48. The Hall–Kier alpha value is -1.55. The molecule has 1 heterocycles. The quantitative estimate of drug-likeness (QED) is 0.927. The normalized spacial score (nSPS) is 23.4. The van der Waals surface area contributed by atoms with Crippen LogP contribution in [0.3, 0.4) is 0 Å². The maximum atomic E-state index is 12.7. The van der Waals surface area contributed by atoms with Crippen molar-refractivity contribution in [3.05, 3.63) is 29.3 Å². The molecule has 3 aliphatic rings. The number of fused-ring (bicyclic) bond motifs is 1. The fourth-order valence-electron chi connectivity index (χ4n) is 3.63. The van der Waals surface area contributed by atoms with Crippen LogP contribution in [-0.4, -0.2) is 36.7 Å². The Labute approximate surface area is 131 Å². The molecule has 118 valence electrons. The molecule has 4 nitrogen and oxygen atoms in total. The van der Waals surface area contributed by atoms with Crippen molar-refractivity contribution in [3.63, 3.8) is 0 Å². The summed E-state index contributed by atoms with van der Waals surface area (Å²) in [4.78, 5) is 14.7. The van der Waals surface area contributed by atoms with Crippen LogP contribution in [-0.2, 0) is 17.6 Å². The molecule has 1 saturated heterocycles. The van der Waals surface area contributed by atoms with Gasteiger partial charge in [0.05, 0.1) is 6.61 Å². The van der Waals surface area contributed by atoms with Gasteiger partial charge in [-0.3, -0.25) is 0 Å². The van der Waals surface area contributed by atoms with E-state index >= 15 is 0 Å². The van der Waals surface area contributed by atoms with E-state index in [1.165, 1.54) is 24.0 Å². The predicted molar refractivity (Wildman–Crippen MR) is 86.1 cm³/mol. The van der Waals surface area contributed by atoms with Gasteiger partial charge in [0.2, 0.25) is 0 Å². The largest absolute Gasteiger partial charge is 0.381 e. The van der Waals surface area contributed by atoms with Crippen LogP contribution >= 0.6 is 0 Å². The number of ether oxygens (including phenoxy) is 1. The first-order valence-corrected chi connectivity index (χ1v) is 8.57. The minimum Gasteiger partial charge on any atom is -0.381 e. The molecule has 1 unspecified atom stereocenters. The molecule has 1 N–H and O–H groups in total. The monoisotopic (exact) mass is 300 g/mol. The van der Waals surface area contributed by atoms with E-state index in [9.17, 15) is 4.79 Å². The molecule has 2 aliphatic carbocycles. The number of nitrogens with one attached hydrogen (secondary N) is 1. The maximum absolute atomic E-state index is 12.7. The average Bonchev–Trinajstić information content (AvgIpc) is 3.03. The van der Waals surface area contributed by atoms with Crippen molar-refractivity contribution < 1.29 is 9.53 Å². The van der Waals surface area contributed by atoms with E-state index in [4.69, 9.17) is 4.74 Å². The lowest BCUT2D eigenvalue weighted by Gasteiger charge is -2.25. The van der Waals surface area contributed by atoms with Crippen LogP contribution in [0.5, 0.6) is 0 Å². The lowest BCUT2D eigenvalue weighted by molar-refractivity contribution is 0.167. The summed E-state index contributed by atoms with van der Waals surface area (Å²) in [6, 6.07) is 6.88. The molecule has 1 atom stereocenters. The van der Waals surface area contributed by atoms with Crippen molar-refractivity contribution in [1.29, 1.82) is 0 Å². The van der Waals surface area contributed by atoms with Gasteiger partial charge in [0, 0.05) is 30.8 Å². The molecule has 0 spiro atoms. The Balaban J connectivity index is 1.42. The van der Waals surface area contributed by atoms with E-state index in [2.05, 4.69) is 17.4 Å². The molecular formula is C18H24N2O2. The molecule has 4 heteroatoms. The Kier molecular flexibility index (Phi) is 3.78. The molecule has 2 fully saturated rings. The molecule has 1 aliphatic heterocycles. The van der Waals surface area contributed by atoms with Gasteiger partial charge in [-0.1, -0.05) is 6.07 Å². The number of carbonyl (C=O) groups is 1. The predicted octanol–water partition coefficient (Wildman–Crippen LogP) is 3.21. The Morgan fingerprint density at radius 3 is 2.86 bits per heavy atom. The van der Waals surface area contributed by atoms with Gasteiger partial charge in [-0.05, 0) is 61.8 Å². The molecule has 1 aromatic rings. The van der Waals surface area contributed by atoms with Gasteiger partial charge in [0.25, 0.3) is 0 Å². The summed E-state index contributed by atoms with van der Waals surface area (Å²) in [5.74, 6) is 0.506. The zero-order valence-electron chi connectivity index (χ0n) is 13.0. The number of carbonyl (C=O) groups excluding carboxylic acids is 1. The molecule has 0 aromatic heterocycles. The van der Waals surface area contributed by atoms with E-state index in [0.717, 1.165) is 51.1 Å². The third-order valence-corrected chi connectivity index (χ3v) is 5.08. The second-order valence-corrected chi connectivity index (χ2v) is 6.88. The summed E-state index contributed by atoms with van der Waals surface area (Å²) in [6.07, 6.45) is 6.93. The van der Waals surface area contributed by atoms with Gasteiger partial charge in [-0.25, -0.2) is 4.79 Å². The van der Waals surface area contributed by atoms with Crippen LogP contribution in [0.15, 0.2) is 18.2 Å². The van der Waals surface area contributed by atoms with E-state index in [-0.39, 0.29) is 6.03 Å². The number of anilines is 1. The second kappa shape index (κ2) is 5.92. The van der Waals surface area contributed by atoms with Crippen molar-refractivity contribution >= 4 is 11.7 Å². The fourth-order valence-corrected chi connectivity index (χ4v) is 3.63. The number of aryl methyl sites for hydroxylation is 2. The van der Waals surface area contributed by atoms with Crippen LogP contribution in [0.2, 0.25) is 0 Å². The van der Waals surface area contributed by atoms with Gasteiger partial charge >= 0.3 is 6.03 Å². The topological polar surface area (TPSA) is 41.6 Å². The molecule has 22 heavy (non-hydrogen) atoms. The van der Waals surface area contributed by atoms with Crippen molar-refractivity contribution in [1.82, 2.24) is 4.90 Å². The van der Waals surface area contributed by atoms with Crippen LogP contribution in [0.1, 0.15) is 36.8 Å². The van der Waals surface area contributed by atoms with E-state index in [1.807, 2.05) is 11.0 Å². The molecular weight excluding hydrogens is 276 g/mol. The van der Waals surface area contributed by atoms with Gasteiger partial charge in [-0.15, -0.1) is 0 Å². The van der Waals surface area contributed by atoms with Crippen LogP contribution in [0.25, 0.3) is 0 Å². The summed E-state index contributed by atoms with van der Waals surface area (Å²) < 4.78 is 5.45. The van der Waals surface area contributed by atoms with Crippen molar-refractivity contribution in [2.75, 3.05) is 25.1 Å². The SMILES string of the molecule is O=C(Nc1ccc2c(c1)CCC2)N(CC1CCOC1)C1CC1. The Bertz CT molecular complexity index is 562. The zero-order valence-corrected chi connectivity index (χ0v) is 13.0. The molecule has 0 bridgehead atoms. The van der Waals surface area contributed by atoms with Gasteiger partial charge in [0.1, 0.15) is 0 Å². The lowest BCUT2D eigenvalue weighted by Crippen LogP contribution is -2.40. The number of hydrogen-bond donors (Lipinski definition) is 1. The highest BCUT2D eigenvalue weighted by atomic mass is 16.5. The number of rotatable bonds is 4. The summed E-state index contributed by atoms with van der Waals surface area (Å²) >= 11 is 0. The van der Waals surface area contributed by atoms with Gasteiger partial charge in [-0.2, -0.15) is 0 Å². The molecule has 2 amide bonds. The lowest BCUT2D eigenvalue weighted by atomic mass is 10.1. The molecule has 4 rings (SSSR count). The first-order chi connectivity index (χ1) is 10.8. The van der Waals surface area contributed by atoms with E-state index < -0.39 is 0 Å². The highest BCUT2D eigenvalue weighted by molar-refractivity contribution is 5.90. The van der Waals surface area contributed by atoms with E-state index in [0.29, 0.717) is 12.0 Å². The fraction of sp³-hybridized carbons (Fsp3) is 0.611. The number of nitrogens with zero attached hydrogens (tertiary/aromatic N) is 1. The second-order valence-electron chi connectivity index (χ2n) is 6.88. The molecule has 1 saturated carbocycles. The summed E-state index contributed by atoms with van der Waals surface area (Å²) in [7, 11) is 0. The minimum absolute atomic E-state index is 0.0624. The van der Waals surface area contributed by atoms with Gasteiger partial charge in [0.15, 0.2) is 0 Å². The molecule has 0 radical (unpaired) electrons. The number of urea groups is 1. The van der Waals surface area contributed by atoms with Crippen LogP contribution in [0.4, 0.5) is 10.5 Å². The van der Waals surface area contributed by atoms with Crippen molar-refractivity contribution in [2.45, 2.75) is 44.6 Å². The summed E-state index contributed by atoms with van der Waals surface area (Å²) in [5.41, 5.74) is 3.79. The first kappa shape index (κ1) is 14.1. The van der Waals surface area contributed by atoms with Crippen molar-refractivity contribution in [3.8, 4) is 0 Å². The highest BCUT2D eigenvalue weighted by Gasteiger charge is 2.34. The molecule has 1 aromatic carbocycles. The maximum Gasteiger partial charge on any atom is 0.322 e. The Morgan fingerprint density at radius 2 is 2.09 bits per heavy atom. The third-order valence-electron chi connectivity index (χ3n) is 5.08. The van der Waals surface area contributed by atoms with Gasteiger partial charge < -0.3 is 15.0 Å². The number of amides is 2. The number of benzene rings is 1. The summed E-state index contributed by atoms with van der Waals surface area (Å²) in [5, 5.41) is 3.11. The number of hydrogen-bond acceptors (Lipinski definition) is 2. The third kappa shape index (κ3) is 2.98.